The van der Waals surface area contributed by atoms with E-state index >= 15 is 0 Å². The van der Waals surface area contributed by atoms with Crippen molar-refractivity contribution in [3.8, 4) is 11.3 Å². The average Bonchev–Trinajstić information content (AvgIpc) is 2.83. The zero-order chi connectivity index (χ0) is 17.5. The number of halogens is 3. The van der Waals surface area contributed by atoms with Crippen molar-refractivity contribution in [1.82, 2.24) is 14.4 Å². The molecule has 0 fully saturated rings. The van der Waals surface area contributed by atoms with Crippen molar-refractivity contribution < 1.29 is 18.0 Å². The molecule has 3 rings (SSSR count). The number of aromatic nitrogens is 3. The topological polar surface area (TPSA) is 85.3 Å². The normalized spacial score (nSPS) is 11.7. The van der Waals surface area contributed by atoms with Gasteiger partial charge in [0, 0.05) is 12.5 Å². The smallest absolute Gasteiger partial charge is 0.383 e. The standard InChI is InChI=1S/C15H12F3N5O/c1-8(24)21-11-7-23-12(6-20-11)22-13(14(23)19)9-3-2-4-10(5-9)15(16,17)18/h2-7H,19H2,1H3,(H,21,24). The van der Waals surface area contributed by atoms with Gasteiger partial charge >= 0.3 is 6.18 Å². The molecule has 0 aliphatic carbocycles. The molecule has 2 aromatic heterocycles. The Bertz CT molecular complexity index is 932. The van der Waals surface area contributed by atoms with Gasteiger partial charge in [0.25, 0.3) is 0 Å². The number of amides is 1. The van der Waals surface area contributed by atoms with Crippen LogP contribution in [0.25, 0.3) is 16.9 Å². The van der Waals surface area contributed by atoms with Gasteiger partial charge in [-0.3, -0.25) is 9.20 Å². The van der Waals surface area contributed by atoms with Crippen molar-refractivity contribution in [2.24, 2.45) is 0 Å². The van der Waals surface area contributed by atoms with Gasteiger partial charge < -0.3 is 11.1 Å². The Morgan fingerprint density at radius 2 is 2.08 bits per heavy atom. The summed E-state index contributed by atoms with van der Waals surface area (Å²) >= 11 is 0. The maximum absolute atomic E-state index is 12.9. The minimum absolute atomic E-state index is 0.151. The first kappa shape index (κ1) is 15.8. The van der Waals surface area contributed by atoms with Gasteiger partial charge in [-0.15, -0.1) is 0 Å². The van der Waals surface area contributed by atoms with Crippen molar-refractivity contribution in [2.45, 2.75) is 13.1 Å². The number of rotatable bonds is 2. The molecule has 24 heavy (non-hydrogen) atoms. The summed E-state index contributed by atoms with van der Waals surface area (Å²) in [4.78, 5) is 19.3. The van der Waals surface area contributed by atoms with Gasteiger partial charge in [-0.25, -0.2) is 9.97 Å². The maximum atomic E-state index is 12.9. The summed E-state index contributed by atoms with van der Waals surface area (Å²) in [5, 5.41) is 2.50. The van der Waals surface area contributed by atoms with E-state index in [1.165, 1.54) is 35.9 Å². The van der Waals surface area contributed by atoms with Crippen molar-refractivity contribution >= 4 is 23.2 Å². The predicted octanol–water partition coefficient (Wildman–Crippen LogP) is 2.96. The van der Waals surface area contributed by atoms with Crippen LogP contribution in [0.15, 0.2) is 36.7 Å². The van der Waals surface area contributed by atoms with Crippen LogP contribution in [-0.2, 0) is 11.0 Å². The monoisotopic (exact) mass is 335 g/mol. The fraction of sp³-hybridized carbons (Fsp3) is 0.133. The van der Waals surface area contributed by atoms with E-state index in [2.05, 4.69) is 15.3 Å². The second-order valence-electron chi connectivity index (χ2n) is 5.11. The third-order valence-electron chi connectivity index (χ3n) is 3.31. The van der Waals surface area contributed by atoms with Gasteiger partial charge in [-0.05, 0) is 12.1 Å². The molecule has 0 unspecified atom stereocenters. The number of imidazole rings is 1. The minimum atomic E-state index is -4.45. The first-order valence-corrected chi connectivity index (χ1v) is 6.84. The van der Waals surface area contributed by atoms with Gasteiger partial charge in [0.15, 0.2) is 5.65 Å². The first-order chi connectivity index (χ1) is 11.3. The fourth-order valence-electron chi connectivity index (χ4n) is 2.27. The Balaban J connectivity index is 2.10. The number of alkyl halides is 3. The molecule has 124 valence electrons. The molecular weight excluding hydrogens is 323 g/mol. The van der Waals surface area contributed by atoms with E-state index in [4.69, 9.17) is 5.73 Å². The molecule has 0 saturated heterocycles. The predicted molar refractivity (Wildman–Crippen MR) is 82.1 cm³/mol. The summed E-state index contributed by atoms with van der Waals surface area (Å²) in [6.07, 6.45) is -1.63. The number of hydrogen-bond donors (Lipinski definition) is 2. The molecule has 0 aliphatic heterocycles. The number of hydrogen-bond acceptors (Lipinski definition) is 4. The van der Waals surface area contributed by atoms with Crippen LogP contribution in [0.2, 0.25) is 0 Å². The van der Waals surface area contributed by atoms with Crippen LogP contribution >= 0.6 is 0 Å². The van der Waals surface area contributed by atoms with Crippen LogP contribution in [0.5, 0.6) is 0 Å². The summed E-state index contributed by atoms with van der Waals surface area (Å²) in [6.45, 7) is 1.33. The highest BCUT2D eigenvalue weighted by molar-refractivity contribution is 5.87. The highest BCUT2D eigenvalue weighted by atomic mass is 19.4. The lowest BCUT2D eigenvalue weighted by molar-refractivity contribution is -0.137. The lowest BCUT2D eigenvalue weighted by atomic mass is 10.1. The van der Waals surface area contributed by atoms with Gasteiger partial charge in [0.2, 0.25) is 5.91 Å². The highest BCUT2D eigenvalue weighted by Gasteiger charge is 2.30. The average molecular weight is 335 g/mol. The molecule has 6 nitrogen and oxygen atoms in total. The highest BCUT2D eigenvalue weighted by Crippen LogP contribution is 2.33. The number of nitrogens with two attached hydrogens (primary N) is 1. The largest absolute Gasteiger partial charge is 0.416 e. The number of carbonyl (C=O) groups excluding carboxylic acids is 1. The number of fused-ring (bicyclic) bond motifs is 1. The zero-order valence-corrected chi connectivity index (χ0v) is 12.4. The number of nitrogens with one attached hydrogen (secondary N) is 1. The Morgan fingerprint density at radius 1 is 1.33 bits per heavy atom. The minimum Gasteiger partial charge on any atom is -0.383 e. The molecule has 1 aromatic carbocycles. The lowest BCUT2D eigenvalue weighted by Crippen LogP contribution is -2.08. The quantitative estimate of drug-likeness (QED) is 0.754. The SMILES string of the molecule is CC(=O)Nc1cn2c(N)c(-c3cccc(C(F)(F)F)c3)nc2cn1. The molecule has 1 amide bonds. The van der Waals surface area contributed by atoms with E-state index in [0.29, 0.717) is 5.65 Å². The van der Waals surface area contributed by atoms with Gasteiger partial charge in [-0.2, -0.15) is 13.2 Å². The van der Waals surface area contributed by atoms with Gasteiger partial charge in [0.1, 0.15) is 17.3 Å². The molecule has 3 N–H and O–H groups in total. The van der Waals surface area contributed by atoms with E-state index in [9.17, 15) is 18.0 Å². The summed E-state index contributed by atoms with van der Waals surface area (Å²) in [5.41, 5.74) is 6.03. The van der Waals surface area contributed by atoms with E-state index < -0.39 is 11.7 Å². The summed E-state index contributed by atoms with van der Waals surface area (Å²) in [7, 11) is 0. The first-order valence-electron chi connectivity index (χ1n) is 6.84. The third kappa shape index (κ3) is 2.87. The van der Waals surface area contributed by atoms with Crippen LogP contribution < -0.4 is 11.1 Å². The molecular formula is C15H12F3N5O. The third-order valence-corrected chi connectivity index (χ3v) is 3.31. The molecule has 0 spiro atoms. The van der Waals surface area contributed by atoms with E-state index in [1.54, 1.807) is 0 Å². The number of carbonyl (C=O) groups is 1. The number of nitrogens with zero attached hydrogens (tertiary/aromatic N) is 3. The summed E-state index contributed by atoms with van der Waals surface area (Å²) in [6, 6.07) is 4.75. The van der Waals surface area contributed by atoms with Crippen LogP contribution in [0.1, 0.15) is 12.5 Å². The van der Waals surface area contributed by atoms with Crippen molar-refractivity contribution in [3.05, 3.63) is 42.2 Å². The van der Waals surface area contributed by atoms with Crippen LogP contribution in [0.4, 0.5) is 24.8 Å². The molecule has 0 aliphatic rings. The molecule has 0 bridgehead atoms. The van der Waals surface area contributed by atoms with Crippen LogP contribution in [0.3, 0.4) is 0 Å². The number of anilines is 2. The molecule has 0 saturated carbocycles. The summed E-state index contributed by atoms with van der Waals surface area (Å²) < 4.78 is 40.0. The van der Waals surface area contributed by atoms with E-state index in [-0.39, 0.29) is 28.8 Å². The number of nitrogen functional groups attached to an aromatic ring is 1. The summed E-state index contributed by atoms with van der Waals surface area (Å²) in [5.74, 6) is 0.103. The van der Waals surface area contributed by atoms with Crippen molar-refractivity contribution in [1.29, 1.82) is 0 Å². The van der Waals surface area contributed by atoms with E-state index in [1.807, 2.05) is 0 Å². The Morgan fingerprint density at radius 3 is 2.75 bits per heavy atom. The lowest BCUT2D eigenvalue weighted by Gasteiger charge is -2.08. The van der Waals surface area contributed by atoms with Crippen molar-refractivity contribution in [3.63, 3.8) is 0 Å². The Hall–Kier alpha value is -3.10. The Kier molecular flexibility index (Phi) is 3.63. The second kappa shape index (κ2) is 5.52. The Labute approximate surface area is 134 Å². The van der Waals surface area contributed by atoms with Crippen molar-refractivity contribution in [2.75, 3.05) is 11.1 Å². The van der Waals surface area contributed by atoms with Gasteiger partial charge in [0.05, 0.1) is 18.0 Å². The van der Waals surface area contributed by atoms with Crippen LogP contribution in [-0.4, -0.2) is 20.3 Å². The molecule has 2 heterocycles. The van der Waals surface area contributed by atoms with E-state index in [0.717, 1.165) is 12.1 Å². The second-order valence-corrected chi connectivity index (χ2v) is 5.11. The molecule has 9 heteroatoms. The number of benzene rings is 1. The van der Waals surface area contributed by atoms with Gasteiger partial charge in [-0.1, -0.05) is 12.1 Å². The molecule has 3 aromatic rings. The fourth-order valence-corrected chi connectivity index (χ4v) is 2.27. The molecule has 0 radical (unpaired) electrons. The maximum Gasteiger partial charge on any atom is 0.416 e. The zero-order valence-electron chi connectivity index (χ0n) is 12.4. The molecule has 0 atom stereocenters. The van der Waals surface area contributed by atoms with Crippen LogP contribution in [0, 0.1) is 0 Å².